The molecule has 0 radical (unpaired) electrons. The number of piperazine rings is 1. The third kappa shape index (κ3) is 4.18. The Labute approximate surface area is 206 Å². The zero-order valence-electron chi connectivity index (χ0n) is 19.3. The zero-order valence-corrected chi connectivity index (χ0v) is 20.1. The van der Waals surface area contributed by atoms with Crippen LogP contribution in [0.15, 0.2) is 57.9 Å². The number of thiazole rings is 1. The van der Waals surface area contributed by atoms with E-state index in [1.54, 1.807) is 17.2 Å². The van der Waals surface area contributed by atoms with E-state index in [4.69, 9.17) is 4.42 Å². The molecule has 0 spiro atoms. The van der Waals surface area contributed by atoms with Crippen LogP contribution in [0.25, 0.3) is 21.7 Å². The van der Waals surface area contributed by atoms with E-state index in [2.05, 4.69) is 32.0 Å². The van der Waals surface area contributed by atoms with Gasteiger partial charge in [0.25, 0.3) is 5.56 Å². The Morgan fingerprint density at radius 3 is 2.43 bits per heavy atom. The number of furan rings is 1. The first-order valence-electron chi connectivity index (χ1n) is 12.0. The fraction of sp³-hybridized carbons (Fsp3) is 0.360. The van der Waals surface area contributed by atoms with Gasteiger partial charge in [-0.2, -0.15) is 5.10 Å². The molecule has 35 heavy (non-hydrogen) atoms. The SMILES string of the molecule is O=C(Cn1nc(-c2ccco2)c2sc(N3CCCC3)nc2c1=O)N1CCN(c2ccccc2)CC1. The third-order valence-electron chi connectivity index (χ3n) is 6.66. The van der Waals surface area contributed by atoms with Gasteiger partial charge >= 0.3 is 0 Å². The van der Waals surface area contributed by atoms with Crippen LogP contribution >= 0.6 is 11.3 Å². The molecular weight excluding hydrogens is 464 g/mol. The van der Waals surface area contributed by atoms with E-state index in [0.29, 0.717) is 34.8 Å². The number of benzene rings is 1. The normalized spacial score (nSPS) is 16.4. The summed E-state index contributed by atoms with van der Waals surface area (Å²) in [5, 5.41) is 5.41. The van der Waals surface area contributed by atoms with Crippen LogP contribution < -0.4 is 15.4 Å². The van der Waals surface area contributed by atoms with Gasteiger partial charge in [0.1, 0.15) is 12.2 Å². The van der Waals surface area contributed by atoms with Crippen molar-refractivity contribution in [3.8, 4) is 11.5 Å². The van der Waals surface area contributed by atoms with Crippen molar-refractivity contribution in [3.05, 3.63) is 59.1 Å². The lowest BCUT2D eigenvalue weighted by Crippen LogP contribution is -2.50. The Bertz CT molecular complexity index is 1380. The number of aromatic nitrogens is 3. The van der Waals surface area contributed by atoms with Crippen molar-refractivity contribution in [2.75, 3.05) is 49.1 Å². The molecule has 3 aromatic heterocycles. The van der Waals surface area contributed by atoms with Crippen LogP contribution in [0.3, 0.4) is 0 Å². The van der Waals surface area contributed by atoms with E-state index < -0.39 is 0 Å². The molecule has 0 aliphatic carbocycles. The number of fused-ring (bicyclic) bond motifs is 1. The highest BCUT2D eigenvalue weighted by molar-refractivity contribution is 7.22. The predicted octanol–water partition coefficient (Wildman–Crippen LogP) is 3.06. The molecule has 4 aromatic rings. The first-order valence-corrected chi connectivity index (χ1v) is 12.8. The number of hydrogen-bond acceptors (Lipinski definition) is 8. The molecule has 180 valence electrons. The maximum Gasteiger partial charge on any atom is 0.294 e. The number of amides is 1. The molecule has 2 saturated heterocycles. The van der Waals surface area contributed by atoms with Gasteiger partial charge in [0.05, 0.1) is 11.0 Å². The van der Waals surface area contributed by atoms with Crippen molar-refractivity contribution in [1.82, 2.24) is 19.7 Å². The summed E-state index contributed by atoms with van der Waals surface area (Å²) in [6.07, 6.45) is 3.82. The number of anilines is 2. The lowest BCUT2D eigenvalue weighted by atomic mass is 10.2. The highest BCUT2D eigenvalue weighted by atomic mass is 32.1. The second kappa shape index (κ2) is 9.18. The van der Waals surface area contributed by atoms with Gasteiger partial charge < -0.3 is 19.1 Å². The van der Waals surface area contributed by atoms with E-state index in [1.165, 1.54) is 16.0 Å². The molecule has 0 N–H and O–H groups in total. The molecule has 0 unspecified atom stereocenters. The van der Waals surface area contributed by atoms with Gasteiger partial charge in [0, 0.05) is 45.0 Å². The average Bonchev–Trinajstić information content (AvgIpc) is 3.68. The van der Waals surface area contributed by atoms with Crippen molar-refractivity contribution in [3.63, 3.8) is 0 Å². The molecule has 1 aromatic carbocycles. The van der Waals surface area contributed by atoms with Gasteiger partial charge in [0.2, 0.25) is 5.91 Å². The van der Waals surface area contributed by atoms with Crippen LogP contribution in [-0.2, 0) is 11.3 Å². The largest absolute Gasteiger partial charge is 0.463 e. The molecule has 0 saturated carbocycles. The van der Waals surface area contributed by atoms with Gasteiger partial charge in [-0.1, -0.05) is 29.5 Å². The van der Waals surface area contributed by atoms with Gasteiger partial charge in [-0.15, -0.1) is 0 Å². The molecule has 2 aliphatic rings. The number of carbonyl (C=O) groups excluding carboxylic acids is 1. The molecule has 1 amide bonds. The lowest BCUT2D eigenvalue weighted by molar-refractivity contribution is -0.132. The Morgan fingerprint density at radius 2 is 1.71 bits per heavy atom. The summed E-state index contributed by atoms with van der Waals surface area (Å²) < 4.78 is 7.57. The number of hydrogen-bond donors (Lipinski definition) is 0. The zero-order chi connectivity index (χ0) is 23.8. The monoisotopic (exact) mass is 490 g/mol. The maximum atomic E-state index is 13.4. The highest BCUT2D eigenvalue weighted by Gasteiger charge is 2.26. The summed E-state index contributed by atoms with van der Waals surface area (Å²) in [6.45, 7) is 4.46. The number of rotatable bonds is 5. The summed E-state index contributed by atoms with van der Waals surface area (Å²) in [5.41, 5.74) is 1.71. The molecule has 2 fully saturated rings. The van der Waals surface area contributed by atoms with E-state index in [1.807, 2.05) is 24.3 Å². The minimum absolute atomic E-state index is 0.118. The van der Waals surface area contributed by atoms with Crippen molar-refractivity contribution in [1.29, 1.82) is 0 Å². The summed E-state index contributed by atoms with van der Waals surface area (Å²) in [6, 6.07) is 13.8. The lowest BCUT2D eigenvalue weighted by Gasteiger charge is -2.36. The molecule has 2 aliphatic heterocycles. The van der Waals surface area contributed by atoms with Crippen LogP contribution in [0, 0.1) is 0 Å². The molecule has 0 atom stereocenters. The summed E-state index contributed by atoms with van der Waals surface area (Å²) in [5.74, 6) is 0.441. The smallest absolute Gasteiger partial charge is 0.294 e. The van der Waals surface area contributed by atoms with Gasteiger partial charge in [-0.25, -0.2) is 9.67 Å². The van der Waals surface area contributed by atoms with Gasteiger partial charge in [-0.05, 0) is 37.1 Å². The highest BCUT2D eigenvalue weighted by Crippen LogP contribution is 2.35. The Kier molecular flexibility index (Phi) is 5.73. The Balaban J connectivity index is 1.27. The van der Waals surface area contributed by atoms with Crippen LogP contribution in [0.2, 0.25) is 0 Å². The van der Waals surface area contributed by atoms with Crippen LogP contribution in [0.1, 0.15) is 12.8 Å². The van der Waals surface area contributed by atoms with Gasteiger partial charge in [0.15, 0.2) is 16.4 Å². The molecule has 5 heterocycles. The number of nitrogens with zero attached hydrogens (tertiary/aromatic N) is 6. The van der Waals surface area contributed by atoms with Crippen LogP contribution in [-0.4, -0.2) is 64.8 Å². The summed E-state index contributed by atoms with van der Waals surface area (Å²) in [4.78, 5) is 37.5. The quantitative estimate of drug-likeness (QED) is 0.425. The molecule has 6 rings (SSSR count). The maximum absolute atomic E-state index is 13.4. The summed E-state index contributed by atoms with van der Waals surface area (Å²) >= 11 is 1.47. The second-order valence-corrected chi connectivity index (χ2v) is 9.84. The average molecular weight is 491 g/mol. The first-order chi connectivity index (χ1) is 17.2. The van der Waals surface area contributed by atoms with E-state index in [9.17, 15) is 9.59 Å². The number of para-hydroxylation sites is 1. The standard InChI is InChI=1S/C25H26N6O3S/c32-20(29-14-12-28(13-15-29)18-7-2-1-3-8-18)17-31-24(33)22-23(21(27-31)19-9-6-16-34-19)35-25(26-22)30-10-4-5-11-30/h1-3,6-9,16H,4-5,10-15,17H2. The molecular formula is C25H26N6O3S. The second-order valence-electron chi connectivity index (χ2n) is 8.86. The van der Waals surface area contributed by atoms with E-state index in [0.717, 1.165) is 49.8 Å². The predicted molar refractivity (Wildman–Crippen MR) is 136 cm³/mol. The first kappa shape index (κ1) is 21.8. The Hall–Kier alpha value is -3.66. The number of carbonyl (C=O) groups is 1. The van der Waals surface area contributed by atoms with E-state index in [-0.39, 0.29) is 18.0 Å². The molecule has 0 bridgehead atoms. The fourth-order valence-corrected chi connectivity index (χ4v) is 5.85. The molecule has 9 nitrogen and oxygen atoms in total. The van der Waals surface area contributed by atoms with Crippen molar-refractivity contribution in [2.24, 2.45) is 0 Å². The minimum atomic E-state index is -0.340. The van der Waals surface area contributed by atoms with E-state index >= 15 is 0 Å². The van der Waals surface area contributed by atoms with Crippen molar-refractivity contribution >= 4 is 38.3 Å². The molecule has 10 heteroatoms. The van der Waals surface area contributed by atoms with Crippen molar-refractivity contribution in [2.45, 2.75) is 19.4 Å². The van der Waals surface area contributed by atoms with Gasteiger partial charge in [-0.3, -0.25) is 9.59 Å². The minimum Gasteiger partial charge on any atom is -0.463 e. The summed E-state index contributed by atoms with van der Waals surface area (Å²) in [7, 11) is 0. The Morgan fingerprint density at radius 1 is 0.943 bits per heavy atom. The van der Waals surface area contributed by atoms with Crippen LogP contribution in [0.5, 0.6) is 0 Å². The topological polar surface area (TPSA) is 87.7 Å². The van der Waals surface area contributed by atoms with Crippen LogP contribution in [0.4, 0.5) is 10.8 Å². The third-order valence-corrected chi connectivity index (χ3v) is 7.78. The fourth-order valence-electron chi connectivity index (χ4n) is 4.75. The van der Waals surface area contributed by atoms with Crippen molar-refractivity contribution < 1.29 is 9.21 Å².